The number of nitrogens with one attached hydrogen (secondary N) is 4. The van der Waals surface area contributed by atoms with Crippen LogP contribution in [0.5, 0.6) is 17.2 Å². The number of esters is 2. The van der Waals surface area contributed by atoms with Crippen molar-refractivity contribution in [1.82, 2.24) is 5.43 Å². The third-order valence-electron chi connectivity index (χ3n) is 7.18. The first-order valence-corrected chi connectivity index (χ1v) is 16.8. The van der Waals surface area contributed by atoms with Gasteiger partial charge in [-0.2, -0.15) is 0 Å². The van der Waals surface area contributed by atoms with E-state index < -0.39 is 35.1 Å². The Morgan fingerprint density at radius 1 is 0.731 bits per heavy atom. The fraction of sp³-hybridized carbons (Fsp3) is 0.395. The van der Waals surface area contributed by atoms with Crippen molar-refractivity contribution in [2.75, 3.05) is 43.4 Å². The first-order valence-electron chi connectivity index (χ1n) is 16.8. The number of hydrogen-bond donors (Lipinski definition) is 4. The molecule has 280 valence electrons. The van der Waals surface area contributed by atoms with E-state index in [0.717, 1.165) is 0 Å². The van der Waals surface area contributed by atoms with Crippen molar-refractivity contribution in [3.8, 4) is 17.2 Å². The Bertz CT molecular complexity index is 1770. The fourth-order valence-corrected chi connectivity index (χ4v) is 4.36. The summed E-state index contributed by atoms with van der Waals surface area (Å²) in [6.45, 7) is 12.8. The average molecular weight is 721 g/mol. The third kappa shape index (κ3) is 12.0. The summed E-state index contributed by atoms with van der Waals surface area (Å²) >= 11 is 0. The number of carbonyl (C=O) groups excluding carboxylic acids is 5. The second-order valence-electron chi connectivity index (χ2n) is 13.2. The molecule has 0 bridgehead atoms. The number of hydrazine groups is 1. The molecule has 4 N–H and O–H groups in total. The van der Waals surface area contributed by atoms with Gasteiger partial charge in [0.1, 0.15) is 22.8 Å². The third-order valence-corrected chi connectivity index (χ3v) is 7.18. The number of anilines is 3. The number of benzene rings is 3. The van der Waals surface area contributed by atoms with Gasteiger partial charge >= 0.3 is 11.9 Å². The summed E-state index contributed by atoms with van der Waals surface area (Å²) in [4.78, 5) is 63.1. The molecular formula is C38H48N4O10. The van der Waals surface area contributed by atoms with E-state index >= 15 is 0 Å². The van der Waals surface area contributed by atoms with E-state index in [2.05, 4.69) is 21.5 Å². The first-order chi connectivity index (χ1) is 24.5. The Morgan fingerprint density at radius 3 is 1.81 bits per heavy atom. The minimum Gasteiger partial charge on any atom is -0.495 e. The Labute approximate surface area is 303 Å². The maximum absolute atomic E-state index is 13.5. The van der Waals surface area contributed by atoms with Gasteiger partial charge in [-0.25, -0.2) is 15.0 Å². The molecule has 2 amide bonds. The van der Waals surface area contributed by atoms with Crippen LogP contribution in [0, 0.1) is 5.92 Å². The van der Waals surface area contributed by atoms with E-state index in [1.54, 1.807) is 51.1 Å². The average Bonchev–Trinajstić information content (AvgIpc) is 3.10. The molecule has 0 heterocycles. The van der Waals surface area contributed by atoms with Crippen molar-refractivity contribution in [2.24, 2.45) is 5.92 Å². The summed E-state index contributed by atoms with van der Waals surface area (Å²) < 4.78 is 27.4. The standard InChI is InChI=1S/C38H48N4O10/c1-10-23(4)51-33-18-25(35(45)40-27-15-13-26(36(46)49-9)19-32(27)50-21-22(2)3)11-14-28(33)41-34(44)24-12-16-29(31(17-24)48-8)42-39-20-30(43)37(47)52-38(5,6)7/h11-19,22-23,39,42H,10,20-21H2,1-9H3,(H,40,45)(H,41,44). The number of ketones is 1. The van der Waals surface area contributed by atoms with Crippen LogP contribution >= 0.6 is 0 Å². The Balaban J connectivity index is 1.79. The van der Waals surface area contributed by atoms with E-state index in [0.29, 0.717) is 35.8 Å². The fourth-order valence-electron chi connectivity index (χ4n) is 4.36. The molecule has 1 unspecified atom stereocenters. The van der Waals surface area contributed by atoms with Gasteiger partial charge in [0, 0.05) is 11.1 Å². The maximum Gasteiger partial charge on any atom is 0.376 e. The van der Waals surface area contributed by atoms with Crippen LogP contribution in [-0.4, -0.2) is 68.6 Å². The molecule has 14 nitrogen and oxygen atoms in total. The van der Waals surface area contributed by atoms with Crippen LogP contribution in [0.2, 0.25) is 0 Å². The molecule has 0 aliphatic rings. The number of rotatable bonds is 17. The summed E-state index contributed by atoms with van der Waals surface area (Å²) in [6, 6.07) is 13.9. The molecule has 14 heteroatoms. The Hall–Kier alpha value is -5.63. The van der Waals surface area contributed by atoms with Gasteiger partial charge in [0.25, 0.3) is 17.6 Å². The van der Waals surface area contributed by atoms with Gasteiger partial charge in [-0.1, -0.05) is 20.8 Å². The van der Waals surface area contributed by atoms with Crippen molar-refractivity contribution in [1.29, 1.82) is 0 Å². The zero-order valence-corrected chi connectivity index (χ0v) is 31.1. The molecule has 0 aromatic heterocycles. The lowest BCUT2D eigenvalue weighted by Crippen LogP contribution is -2.36. The smallest absolute Gasteiger partial charge is 0.376 e. The molecule has 0 aliphatic heterocycles. The summed E-state index contributed by atoms with van der Waals surface area (Å²) in [5.41, 5.74) is 6.52. The van der Waals surface area contributed by atoms with Crippen molar-refractivity contribution >= 4 is 46.6 Å². The Kier molecular flexibility index (Phi) is 14.6. The van der Waals surface area contributed by atoms with Crippen LogP contribution in [-0.2, 0) is 19.1 Å². The molecule has 0 spiro atoms. The zero-order valence-electron chi connectivity index (χ0n) is 31.1. The lowest BCUT2D eigenvalue weighted by Gasteiger charge is -2.19. The topological polar surface area (TPSA) is 180 Å². The zero-order chi connectivity index (χ0) is 38.6. The van der Waals surface area contributed by atoms with E-state index in [9.17, 15) is 24.0 Å². The second-order valence-corrected chi connectivity index (χ2v) is 13.2. The summed E-state index contributed by atoms with van der Waals surface area (Å²) in [6.07, 6.45) is 0.423. The largest absolute Gasteiger partial charge is 0.495 e. The van der Waals surface area contributed by atoms with E-state index in [4.69, 9.17) is 23.7 Å². The van der Waals surface area contributed by atoms with Crippen LogP contribution in [0.3, 0.4) is 0 Å². The number of hydrogen-bond acceptors (Lipinski definition) is 12. The van der Waals surface area contributed by atoms with Crippen LogP contribution in [0.4, 0.5) is 17.1 Å². The SMILES string of the molecule is CCC(C)Oc1cc(C(=O)Nc2ccc(C(=O)OC)cc2OCC(C)C)ccc1NC(=O)c1ccc(NNCC(=O)C(=O)OC(C)(C)C)c(OC)c1. The van der Waals surface area contributed by atoms with Crippen LogP contribution in [0.1, 0.15) is 86.0 Å². The van der Waals surface area contributed by atoms with Crippen LogP contribution in [0.25, 0.3) is 0 Å². The maximum atomic E-state index is 13.5. The predicted octanol–water partition coefficient (Wildman–Crippen LogP) is 6.03. The van der Waals surface area contributed by atoms with Crippen LogP contribution < -0.4 is 35.7 Å². The van der Waals surface area contributed by atoms with Crippen molar-refractivity contribution in [2.45, 2.75) is 66.6 Å². The summed E-state index contributed by atoms with van der Waals surface area (Å²) in [5, 5.41) is 5.69. The molecule has 52 heavy (non-hydrogen) atoms. The highest BCUT2D eigenvalue weighted by Gasteiger charge is 2.23. The van der Waals surface area contributed by atoms with Crippen molar-refractivity contribution < 1.29 is 47.7 Å². The highest BCUT2D eigenvalue weighted by molar-refractivity contribution is 6.34. The minimum atomic E-state index is -0.960. The lowest BCUT2D eigenvalue weighted by molar-refractivity contribution is -0.162. The lowest BCUT2D eigenvalue weighted by atomic mass is 10.1. The number of ether oxygens (including phenoxy) is 5. The van der Waals surface area contributed by atoms with Crippen LogP contribution in [0.15, 0.2) is 54.6 Å². The molecule has 0 saturated heterocycles. The normalized spacial score (nSPS) is 11.6. The number of carbonyl (C=O) groups is 5. The molecule has 0 fully saturated rings. The van der Waals surface area contributed by atoms with Gasteiger partial charge in [-0.3, -0.25) is 14.4 Å². The predicted molar refractivity (Wildman–Crippen MR) is 196 cm³/mol. The number of Topliss-reactive ketones (excluding diaryl/α,β-unsaturated/α-hetero) is 1. The molecule has 0 radical (unpaired) electrons. The molecule has 3 aromatic carbocycles. The molecule has 3 aromatic rings. The van der Waals surface area contributed by atoms with Gasteiger partial charge in [-0.15, -0.1) is 0 Å². The van der Waals surface area contributed by atoms with Crippen molar-refractivity contribution in [3.63, 3.8) is 0 Å². The quantitative estimate of drug-likeness (QED) is 0.0724. The van der Waals surface area contributed by atoms with E-state index in [1.807, 2.05) is 27.7 Å². The van der Waals surface area contributed by atoms with Crippen molar-refractivity contribution in [3.05, 3.63) is 71.3 Å². The first kappa shape index (κ1) is 40.8. The number of amides is 2. The molecule has 3 rings (SSSR count). The Morgan fingerprint density at radius 2 is 1.27 bits per heavy atom. The van der Waals surface area contributed by atoms with Gasteiger partial charge in [0.05, 0.1) is 56.1 Å². The van der Waals surface area contributed by atoms with E-state index in [1.165, 1.54) is 38.5 Å². The van der Waals surface area contributed by atoms with Gasteiger partial charge in [0.2, 0.25) is 0 Å². The molecule has 0 saturated carbocycles. The second kappa shape index (κ2) is 18.6. The minimum absolute atomic E-state index is 0.190. The molecular weight excluding hydrogens is 672 g/mol. The van der Waals surface area contributed by atoms with E-state index in [-0.39, 0.29) is 46.8 Å². The molecule has 1 atom stereocenters. The molecule has 0 aliphatic carbocycles. The van der Waals surface area contributed by atoms with Gasteiger partial charge in [0.15, 0.2) is 0 Å². The summed E-state index contributed by atoms with van der Waals surface area (Å²) in [5.74, 6) is -2.17. The monoisotopic (exact) mass is 720 g/mol. The van der Waals surface area contributed by atoms with Gasteiger partial charge in [-0.05, 0) is 94.6 Å². The van der Waals surface area contributed by atoms with Gasteiger partial charge < -0.3 is 39.7 Å². The summed E-state index contributed by atoms with van der Waals surface area (Å²) in [7, 11) is 2.70. The number of methoxy groups -OCH3 is 2. The highest BCUT2D eigenvalue weighted by Crippen LogP contribution is 2.32. The highest BCUT2D eigenvalue weighted by atomic mass is 16.6.